The van der Waals surface area contributed by atoms with E-state index in [0.29, 0.717) is 30.5 Å². The number of hydrogen-bond acceptors (Lipinski definition) is 5. The van der Waals surface area contributed by atoms with Gasteiger partial charge in [-0.25, -0.2) is 13.2 Å². The molecule has 1 aliphatic heterocycles. The van der Waals surface area contributed by atoms with Crippen LogP contribution in [0.5, 0.6) is 0 Å². The Morgan fingerprint density at radius 3 is 2.75 bits per heavy atom. The maximum absolute atomic E-state index is 14.8. The Hall–Kier alpha value is -3.30. The molecule has 28 heavy (non-hydrogen) atoms. The molecule has 1 aliphatic rings. The van der Waals surface area contributed by atoms with Crippen LogP contribution in [0.1, 0.15) is 24.1 Å². The molecule has 1 N–H and O–H groups in total. The van der Waals surface area contributed by atoms with Crippen molar-refractivity contribution in [2.45, 2.75) is 19.3 Å². The first-order chi connectivity index (χ1) is 13.5. The number of nitrogens with zero attached hydrogens (tertiary/aromatic N) is 5. The number of carbonyl (C=O) groups excluding carboxylic acids is 1. The third-order valence-electron chi connectivity index (χ3n) is 4.69. The number of nitrogens with one attached hydrogen (secondary N) is 1. The van der Waals surface area contributed by atoms with Crippen LogP contribution >= 0.6 is 0 Å². The molecule has 144 valence electrons. The van der Waals surface area contributed by atoms with Gasteiger partial charge in [-0.2, -0.15) is 15.3 Å². The quantitative estimate of drug-likeness (QED) is 0.726. The van der Waals surface area contributed by atoms with Gasteiger partial charge in [0.15, 0.2) is 11.6 Å². The Morgan fingerprint density at radius 1 is 1.21 bits per heavy atom. The molecule has 1 atom stereocenters. The summed E-state index contributed by atoms with van der Waals surface area (Å²) in [5, 5.41) is 13.9. The first kappa shape index (κ1) is 18.1. The Kier molecular flexibility index (Phi) is 4.76. The number of hydrogen-bond donors (Lipinski definition) is 1. The summed E-state index contributed by atoms with van der Waals surface area (Å²) in [6.07, 6.45) is 2.39. The molecule has 0 saturated carbocycles. The monoisotopic (exact) mass is 388 g/mol. The van der Waals surface area contributed by atoms with Crippen molar-refractivity contribution in [1.82, 2.24) is 25.4 Å². The predicted molar refractivity (Wildman–Crippen MR) is 92.9 cm³/mol. The van der Waals surface area contributed by atoms with Crippen molar-refractivity contribution in [3.05, 3.63) is 53.9 Å². The lowest BCUT2D eigenvalue weighted by molar-refractivity contribution is -0.120. The van der Waals surface area contributed by atoms with Crippen LogP contribution in [0.25, 0.3) is 11.3 Å². The molecule has 0 spiro atoms. The molecule has 0 aromatic carbocycles. The maximum atomic E-state index is 14.8. The van der Waals surface area contributed by atoms with E-state index in [1.165, 1.54) is 35.6 Å². The van der Waals surface area contributed by atoms with Crippen LogP contribution < -0.4 is 4.90 Å². The van der Waals surface area contributed by atoms with E-state index in [1.807, 2.05) is 0 Å². The van der Waals surface area contributed by atoms with Crippen molar-refractivity contribution in [3.8, 4) is 11.3 Å². The van der Waals surface area contributed by atoms with E-state index in [4.69, 9.17) is 0 Å². The molecule has 4 rings (SSSR count). The standard InChI is InChI=1S/C18H15F3N6O/c19-14-15(12-3-5-23-24-9-12)25-26-17(14)27-6-4-11(18(27)28)7-10-1-2-13(16(20)21)22-8-10/h1-3,5,8-9,11,16H,4,6-7H2,(H,25,26)/t11-/m0/s1. The van der Waals surface area contributed by atoms with E-state index in [1.54, 1.807) is 6.07 Å². The highest BCUT2D eigenvalue weighted by molar-refractivity contribution is 5.97. The minimum atomic E-state index is -2.63. The highest BCUT2D eigenvalue weighted by atomic mass is 19.3. The van der Waals surface area contributed by atoms with Crippen LogP contribution in [0, 0.1) is 11.7 Å². The third kappa shape index (κ3) is 3.32. The summed E-state index contributed by atoms with van der Waals surface area (Å²) in [6.45, 7) is 0.333. The van der Waals surface area contributed by atoms with Gasteiger partial charge in [-0.15, -0.1) is 0 Å². The average Bonchev–Trinajstić information content (AvgIpc) is 3.25. The summed E-state index contributed by atoms with van der Waals surface area (Å²) in [5.41, 5.74) is 0.885. The van der Waals surface area contributed by atoms with E-state index in [9.17, 15) is 18.0 Å². The van der Waals surface area contributed by atoms with Crippen molar-refractivity contribution in [3.63, 3.8) is 0 Å². The summed E-state index contributed by atoms with van der Waals surface area (Å²) in [5.74, 6) is -1.26. The average molecular weight is 388 g/mol. The number of aromatic amines is 1. The van der Waals surface area contributed by atoms with E-state index < -0.39 is 12.2 Å². The molecule has 0 radical (unpaired) electrons. The van der Waals surface area contributed by atoms with Gasteiger partial charge < -0.3 is 0 Å². The lowest BCUT2D eigenvalue weighted by Gasteiger charge is -2.14. The second kappa shape index (κ2) is 7.37. The summed E-state index contributed by atoms with van der Waals surface area (Å²) >= 11 is 0. The largest absolute Gasteiger partial charge is 0.294 e. The van der Waals surface area contributed by atoms with Crippen molar-refractivity contribution >= 4 is 11.7 Å². The van der Waals surface area contributed by atoms with E-state index >= 15 is 0 Å². The number of rotatable bonds is 5. The zero-order chi connectivity index (χ0) is 19.7. The molecule has 10 heteroatoms. The maximum Gasteiger partial charge on any atom is 0.280 e. The fourth-order valence-electron chi connectivity index (χ4n) is 3.24. The van der Waals surface area contributed by atoms with Gasteiger partial charge in [0.05, 0.1) is 12.4 Å². The van der Waals surface area contributed by atoms with Gasteiger partial charge in [0, 0.05) is 24.2 Å². The summed E-state index contributed by atoms with van der Waals surface area (Å²) < 4.78 is 40.0. The molecule has 1 amide bonds. The summed E-state index contributed by atoms with van der Waals surface area (Å²) in [7, 11) is 0. The van der Waals surface area contributed by atoms with Gasteiger partial charge in [-0.1, -0.05) is 6.07 Å². The number of pyridine rings is 1. The van der Waals surface area contributed by atoms with Gasteiger partial charge >= 0.3 is 0 Å². The topological polar surface area (TPSA) is 87.7 Å². The van der Waals surface area contributed by atoms with Gasteiger partial charge in [-0.05, 0) is 30.5 Å². The molecular weight excluding hydrogens is 373 g/mol. The number of carbonyl (C=O) groups is 1. The molecule has 0 aliphatic carbocycles. The number of amides is 1. The molecule has 7 nitrogen and oxygen atoms in total. The molecule has 0 unspecified atom stereocenters. The van der Waals surface area contributed by atoms with Crippen LogP contribution in [-0.2, 0) is 11.2 Å². The Bertz CT molecular complexity index is 977. The van der Waals surface area contributed by atoms with Crippen molar-refractivity contribution in [1.29, 1.82) is 0 Å². The molecule has 0 bridgehead atoms. The van der Waals surface area contributed by atoms with Gasteiger partial charge in [0.25, 0.3) is 6.43 Å². The first-order valence-electron chi connectivity index (χ1n) is 8.60. The number of alkyl halides is 2. The SMILES string of the molecule is O=C1[C@H](Cc2ccc(C(F)F)nc2)CCN1c1[nH]nc(-c2ccnnc2)c1F. The van der Waals surface area contributed by atoms with Crippen LogP contribution in [-0.4, -0.2) is 37.8 Å². The summed E-state index contributed by atoms with van der Waals surface area (Å²) in [6, 6.07) is 4.36. The minimum Gasteiger partial charge on any atom is -0.294 e. The van der Waals surface area contributed by atoms with E-state index in [0.717, 1.165) is 0 Å². The Morgan fingerprint density at radius 2 is 2.07 bits per heavy atom. The fourth-order valence-corrected chi connectivity index (χ4v) is 3.24. The number of H-pyrrole nitrogens is 1. The third-order valence-corrected chi connectivity index (χ3v) is 4.69. The normalized spacial score (nSPS) is 16.9. The van der Waals surface area contributed by atoms with Crippen molar-refractivity contribution in [2.24, 2.45) is 5.92 Å². The van der Waals surface area contributed by atoms with Gasteiger partial charge in [0.1, 0.15) is 11.4 Å². The lowest BCUT2D eigenvalue weighted by Crippen LogP contribution is -2.28. The molecule has 4 heterocycles. The second-order valence-electron chi connectivity index (χ2n) is 6.44. The molecule has 1 fully saturated rings. The van der Waals surface area contributed by atoms with E-state index in [2.05, 4.69) is 25.4 Å². The highest BCUT2D eigenvalue weighted by Gasteiger charge is 2.35. The van der Waals surface area contributed by atoms with Gasteiger partial charge in [0.2, 0.25) is 5.91 Å². The molecule has 3 aromatic heterocycles. The van der Waals surface area contributed by atoms with Gasteiger partial charge in [-0.3, -0.25) is 19.8 Å². The van der Waals surface area contributed by atoms with Crippen molar-refractivity contribution < 1.29 is 18.0 Å². The van der Waals surface area contributed by atoms with Crippen LogP contribution in [0.2, 0.25) is 0 Å². The number of halogens is 3. The van der Waals surface area contributed by atoms with Crippen molar-refractivity contribution in [2.75, 3.05) is 11.4 Å². The van der Waals surface area contributed by atoms with E-state index in [-0.39, 0.29) is 29.0 Å². The fraction of sp³-hybridized carbons (Fsp3) is 0.278. The van der Waals surface area contributed by atoms with Crippen LogP contribution in [0.15, 0.2) is 36.8 Å². The molecular formula is C18H15F3N6O. The second-order valence-corrected chi connectivity index (χ2v) is 6.44. The smallest absolute Gasteiger partial charge is 0.280 e. The Balaban J connectivity index is 1.50. The Labute approximate surface area is 157 Å². The minimum absolute atomic E-state index is 0.00508. The highest BCUT2D eigenvalue weighted by Crippen LogP contribution is 2.32. The number of anilines is 1. The zero-order valence-electron chi connectivity index (χ0n) is 14.5. The molecule has 1 saturated heterocycles. The number of aromatic nitrogens is 5. The molecule has 3 aromatic rings. The van der Waals surface area contributed by atoms with Crippen LogP contribution in [0.4, 0.5) is 19.0 Å². The lowest BCUT2D eigenvalue weighted by atomic mass is 9.99. The zero-order valence-corrected chi connectivity index (χ0v) is 14.5. The van der Waals surface area contributed by atoms with Crippen LogP contribution in [0.3, 0.4) is 0 Å². The summed E-state index contributed by atoms with van der Waals surface area (Å²) in [4.78, 5) is 17.8. The predicted octanol–water partition coefficient (Wildman–Crippen LogP) is 2.93. The first-order valence-corrected chi connectivity index (χ1v) is 8.60.